The summed E-state index contributed by atoms with van der Waals surface area (Å²) in [6.07, 6.45) is 1.52. The fourth-order valence-electron chi connectivity index (χ4n) is 3.02. The van der Waals surface area contributed by atoms with Crippen LogP contribution in [0.2, 0.25) is 5.02 Å². The van der Waals surface area contributed by atoms with Crippen LogP contribution in [0, 0.1) is 0 Å². The molecule has 3 rings (SSSR count). The molecule has 1 N–H and O–H groups in total. The van der Waals surface area contributed by atoms with Crippen molar-refractivity contribution in [2.24, 2.45) is 0 Å². The van der Waals surface area contributed by atoms with Crippen molar-refractivity contribution in [1.82, 2.24) is 0 Å². The highest BCUT2D eigenvalue weighted by Gasteiger charge is 2.41. The van der Waals surface area contributed by atoms with Gasteiger partial charge in [0.1, 0.15) is 5.60 Å². The zero-order valence-corrected chi connectivity index (χ0v) is 13.7. The lowest BCUT2D eigenvalue weighted by Gasteiger charge is -2.30. The highest BCUT2D eigenvalue weighted by Crippen LogP contribution is 2.40. The van der Waals surface area contributed by atoms with E-state index in [1.807, 2.05) is 54.6 Å². The molecule has 0 radical (unpaired) electrons. The number of aliphatic hydroxyl groups excluding tert-OH is 1. The monoisotopic (exact) mass is 332 g/mol. The Balaban J connectivity index is 1.72. The maximum atomic E-state index is 9.41. The molecule has 1 aliphatic heterocycles. The fraction of sp³-hybridized carbons (Fsp3) is 0.368. The molecule has 0 aliphatic carbocycles. The lowest BCUT2D eigenvalue weighted by molar-refractivity contribution is -0.110. The van der Waals surface area contributed by atoms with Gasteiger partial charge in [0.25, 0.3) is 0 Å². The van der Waals surface area contributed by atoms with Crippen LogP contribution in [0.5, 0.6) is 0 Å². The Bertz CT molecular complexity index is 614. The standard InChI is InChI=1S/C19H21ClO3/c20-17-8-6-16(7-9-17)19(11-10-18(12-21)23-19)14-22-13-15-4-2-1-3-5-15/h1-9,18,21H,10-14H2/t18-,19+/m1/s1. The van der Waals surface area contributed by atoms with Gasteiger partial charge in [0.05, 0.1) is 25.9 Å². The summed E-state index contributed by atoms with van der Waals surface area (Å²) in [5, 5.41) is 10.1. The van der Waals surface area contributed by atoms with Gasteiger partial charge in [0, 0.05) is 5.02 Å². The van der Waals surface area contributed by atoms with Gasteiger partial charge in [-0.2, -0.15) is 0 Å². The van der Waals surface area contributed by atoms with Gasteiger partial charge in [-0.15, -0.1) is 0 Å². The van der Waals surface area contributed by atoms with Gasteiger partial charge in [0.15, 0.2) is 0 Å². The van der Waals surface area contributed by atoms with E-state index in [1.165, 1.54) is 0 Å². The molecule has 122 valence electrons. The van der Waals surface area contributed by atoms with Crippen LogP contribution in [0.15, 0.2) is 54.6 Å². The van der Waals surface area contributed by atoms with Crippen molar-refractivity contribution in [3.8, 4) is 0 Å². The first-order chi connectivity index (χ1) is 11.2. The van der Waals surface area contributed by atoms with Crippen LogP contribution in [0.25, 0.3) is 0 Å². The maximum absolute atomic E-state index is 9.41. The molecule has 1 saturated heterocycles. The number of halogens is 1. The molecule has 2 aromatic rings. The molecule has 1 aliphatic rings. The van der Waals surface area contributed by atoms with Crippen LogP contribution in [0.1, 0.15) is 24.0 Å². The minimum atomic E-state index is -0.507. The Kier molecular flexibility index (Phi) is 5.34. The SMILES string of the molecule is OC[C@H]1CC[C@](COCc2ccccc2)(c2ccc(Cl)cc2)O1. The van der Waals surface area contributed by atoms with E-state index in [4.69, 9.17) is 21.1 Å². The fourth-order valence-corrected chi connectivity index (χ4v) is 3.15. The topological polar surface area (TPSA) is 38.7 Å². The molecule has 0 unspecified atom stereocenters. The Labute approximate surface area is 141 Å². The molecule has 1 heterocycles. The molecule has 23 heavy (non-hydrogen) atoms. The van der Waals surface area contributed by atoms with Gasteiger partial charge >= 0.3 is 0 Å². The first-order valence-corrected chi connectivity index (χ1v) is 8.26. The number of hydrogen-bond acceptors (Lipinski definition) is 3. The van der Waals surface area contributed by atoms with Crippen molar-refractivity contribution in [3.63, 3.8) is 0 Å². The average molecular weight is 333 g/mol. The quantitative estimate of drug-likeness (QED) is 0.871. The molecule has 0 aromatic heterocycles. The van der Waals surface area contributed by atoms with Crippen molar-refractivity contribution >= 4 is 11.6 Å². The van der Waals surface area contributed by atoms with Gasteiger partial charge in [-0.25, -0.2) is 0 Å². The summed E-state index contributed by atoms with van der Waals surface area (Å²) in [4.78, 5) is 0. The number of aliphatic hydroxyl groups is 1. The summed E-state index contributed by atoms with van der Waals surface area (Å²) in [7, 11) is 0. The Morgan fingerprint density at radius 3 is 2.52 bits per heavy atom. The molecule has 1 fully saturated rings. The van der Waals surface area contributed by atoms with Gasteiger partial charge in [-0.1, -0.05) is 54.1 Å². The van der Waals surface area contributed by atoms with Crippen molar-refractivity contribution in [1.29, 1.82) is 0 Å². The van der Waals surface area contributed by atoms with Crippen LogP contribution in [-0.2, 0) is 21.7 Å². The normalized spacial score (nSPS) is 24.0. The molecule has 0 bridgehead atoms. The van der Waals surface area contributed by atoms with Crippen LogP contribution in [0.3, 0.4) is 0 Å². The van der Waals surface area contributed by atoms with E-state index >= 15 is 0 Å². The van der Waals surface area contributed by atoms with Crippen LogP contribution < -0.4 is 0 Å². The first-order valence-electron chi connectivity index (χ1n) is 7.88. The van der Waals surface area contributed by atoms with E-state index in [0.717, 1.165) is 24.0 Å². The third kappa shape index (κ3) is 3.93. The highest BCUT2D eigenvalue weighted by atomic mass is 35.5. The van der Waals surface area contributed by atoms with Crippen molar-refractivity contribution in [2.75, 3.05) is 13.2 Å². The van der Waals surface area contributed by atoms with Crippen molar-refractivity contribution in [3.05, 3.63) is 70.7 Å². The summed E-state index contributed by atoms with van der Waals surface area (Å²) in [5.41, 5.74) is 1.67. The van der Waals surface area contributed by atoms with E-state index in [0.29, 0.717) is 18.2 Å². The molecule has 4 heteroatoms. The maximum Gasteiger partial charge on any atom is 0.117 e. The van der Waals surface area contributed by atoms with Crippen LogP contribution in [0.4, 0.5) is 0 Å². The molecular weight excluding hydrogens is 312 g/mol. The summed E-state index contributed by atoms with van der Waals surface area (Å²) in [5.74, 6) is 0. The average Bonchev–Trinajstić information content (AvgIpc) is 3.01. The molecule has 0 amide bonds. The Morgan fingerprint density at radius 1 is 1.13 bits per heavy atom. The van der Waals surface area contributed by atoms with E-state index in [1.54, 1.807) is 0 Å². The highest BCUT2D eigenvalue weighted by molar-refractivity contribution is 6.30. The second-order valence-corrected chi connectivity index (χ2v) is 6.38. The number of hydrogen-bond donors (Lipinski definition) is 1. The number of ether oxygens (including phenoxy) is 2. The van der Waals surface area contributed by atoms with Gasteiger partial charge < -0.3 is 14.6 Å². The molecule has 0 saturated carbocycles. The lowest BCUT2D eigenvalue weighted by atomic mass is 9.91. The summed E-state index contributed by atoms with van der Waals surface area (Å²) >= 11 is 5.99. The minimum Gasteiger partial charge on any atom is -0.394 e. The third-order valence-corrected chi connectivity index (χ3v) is 4.54. The predicted molar refractivity (Wildman–Crippen MR) is 90.4 cm³/mol. The summed E-state index contributed by atoms with van der Waals surface area (Å²) in [6.45, 7) is 1.04. The van der Waals surface area contributed by atoms with Gasteiger partial charge in [-0.3, -0.25) is 0 Å². The van der Waals surface area contributed by atoms with Gasteiger partial charge in [0.2, 0.25) is 0 Å². The minimum absolute atomic E-state index is 0.0357. The smallest absolute Gasteiger partial charge is 0.117 e. The Hall–Kier alpha value is -1.39. The summed E-state index contributed by atoms with van der Waals surface area (Å²) in [6, 6.07) is 17.8. The largest absolute Gasteiger partial charge is 0.394 e. The molecular formula is C19H21ClO3. The van der Waals surface area contributed by atoms with E-state index in [9.17, 15) is 5.11 Å². The van der Waals surface area contributed by atoms with Crippen molar-refractivity contribution in [2.45, 2.75) is 31.2 Å². The number of rotatable bonds is 6. The van der Waals surface area contributed by atoms with Crippen LogP contribution in [-0.4, -0.2) is 24.4 Å². The second kappa shape index (κ2) is 7.45. The zero-order chi connectivity index (χ0) is 16.1. The van der Waals surface area contributed by atoms with Crippen molar-refractivity contribution < 1.29 is 14.6 Å². The zero-order valence-electron chi connectivity index (χ0n) is 13.0. The molecule has 3 nitrogen and oxygen atoms in total. The molecule has 2 aromatic carbocycles. The molecule has 2 atom stereocenters. The predicted octanol–water partition coefficient (Wildman–Crippen LogP) is 3.92. The van der Waals surface area contributed by atoms with E-state index < -0.39 is 5.60 Å². The second-order valence-electron chi connectivity index (χ2n) is 5.94. The van der Waals surface area contributed by atoms with Gasteiger partial charge in [-0.05, 0) is 36.1 Å². The Morgan fingerprint density at radius 2 is 1.87 bits per heavy atom. The lowest BCUT2D eigenvalue weighted by Crippen LogP contribution is -2.33. The van der Waals surface area contributed by atoms with E-state index in [2.05, 4.69) is 0 Å². The van der Waals surface area contributed by atoms with E-state index in [-0.39, 0.29) is 12.7 Å². The molecule has 0 spiro atoms. The number of benzene rings is 2. The van der Waals surface area contributed by atoms with Crippen LogP contribution >= 0.6 is 11.6 Å². The summed E-state index contributed by atoms with van der Waals surface area (Å²) < 4.78 is 12.1. The third-order valence-electron chi connectivity index (χ3n) is 4.28. The first kappa shape index (κ1) is 16.5.